The number of nitrogens with two attached hydrogens (primary N) is 1. The first-order valence-electron chi connectivity index (χ1n) is 7.73. The topological polar surface area (TPSA) is 49.6 Å². The lowest BCUT2D eigenvalue weighted by atomic mass is 10.1. The summed E-state index contributed by atoms with van der Waals surface area (Å²) in [6.45, 7) is 5.43. The molecular formula is C17H29N3O. The van der Waals surface area contributed by atoms with Crippen LogP contribution in [-0.4, -0.2) is 37.5 Å². The fourth-order valence-corrected chi connectivity index (χ4v) is 2.23. The Morgan fingerprint density at radius 2 is 1.86 bits per heavy atom. The second-order valence-electron chi connectivity index (χ2n) is 5.84. The van der Waals surface area contributed by atoms with Crippen molar-refractivity contribution in [3.8, 4) is 0 Å². The molecule has 0 fully saturated rings. The van der Waals surface area contributed by atoms with Crippen LogP contribution in [0.2, 0.25) is 0 Å². The largest absolute Gasteiger partial charge is 0.378 e. The first-order valence-corrected chi connectivity index (χ1v) is 7.73. The Morgan fingerprint density at radius 3 is 2.33 bits per heavy atom. The fraction of sp³-hybridized carbons (Fsp3) is 0.588. The van der Waals surface area contributed by atoms with Gasteiger partial charge in [-0.05, 0) is 44.4 Å². The number of rotatable bonds is 8. The average Bonchev–Trinajstić information content (AvgIpc) is 2.44. The lowest BCUT2D eigenvalue weighted by Gasteiger charge is -2.22. The van der Waals surface area contributed by atoms with Gasteiger partial charge >= 0.3 is 0 Å². The van der Waals surface area contributed by atoms with Crippen molar-refractivity contribution in [3.05, 3.63) is 29.8 Å². The zero-order chi connectivity index (χ0) is 15.8. The van der Waals surface area contributed by atoms with Crippen molar-refractivity contribution >= 4 is 11.6 Å². The van der Waals surface area contributed by atoms with E-state index in [-0.39, 0.29) is 11.9 Å². The highest BCUT2D eigenvalue weighted by Gasteiger charge is 2.12. The van der Waals surface area contributed by atoms with Crippen LogP contribution in [0.4, 0.5) is 5.69 Å². The van der Waals surface area contributed by atoms with Crippen molar-refractivity contribution in [2.24, 2.45) is 5.73 Å². The van der Waals surface area contributed by atoms with Gasteiger partial charge in [0.05, 0.1) is 0 Å². The second-order valence-corrected chi connectivity index (χ2v) is 5.84. The van der Waals surface area contributed by atoms with Crippen molar-refractivity contribution in [2.75, 3.05) is 25.5 Å². The maximum Gasteiger partial charge on any atom is 0.222 e. The minimum absolute atomic E-state index is 0.173. The van der Waals surface area contributed by atoms with E-state index in [0.717, 1.165) is 19.4 Å². The molecule has 0 aliphatic heterocycles. The Balaban J connectivity index is 2.54. The summed E-state index contributed by atoms with van der Waals surface area (Å²) in [4.78, 5) is 16.2. The van der Waals surface area contributed by atoms with E-state index in [1.165, 1.54) is 11.3 Å². The Kier molecular flexibility index (Phi) is 7.23. The summed E-state index contributed by atoms with van der Waals surface area (Å²) < 4.78 is 0. The molecule has 0 radical (unpaired) electrons. The van der Waals surface area contributed by atoms with Crippen molar-refractivity contribution in [1.29, 1.82) is 0 Å². The molecule has 1 rings (SSSR count). The Labute approximate surface area is 128 Å². The molecule has 21 heavy (non-hydrogen) atoms. The minimum atomic E-state index is 0.173. The third-order valence-corrected chi connectivity index (χ3v) is 3.61. The number of hydrogen-bond donors (Lipinski definition) is 1. The van der Waals surface area contributed by atoms with Gasteiger partial charge in [0.15, 0.2) is 0 Å². The molecule has 0 spiro atoms. The molecule has 1 amide bonds. The quantitative estimate of drug-likeness (QED) is 0.801. The third kappa shape index (κ3) is 6.17. The fourth-order valence-electron chi connectivity index (χ4n) is 2.23. The van der Waals surface area contributed by atoms with Crippen molar-refractivity contribution in [1.82, 2.24) is 4.90 Å². The van der Waals surface area contributed by atoms with E-state index in [9.17, 15) is 4.79 Å². The summed E-state index contributed by atoms with van der Waals surface area (Å²) in [6, 6.07) is 8.53. The standard InChI is InChI=1S/C17H29N3O/c1-5-20(17(21)8-6-7-14(2)18)13-15-9-11-16(12-10-15)19(3)4/h9-12,14H,5-8,13,18H2,1-4H3. The molecule has 0 saturated carbocycles. The predicted octanol–water partition coefficient (Wildman–Crippen LogP) is 2.62. The lowest BCUT2D eigenvalue weighted by molar-refractivity contribution is -0.131. The van der Waals surface area contributed by atoms with Gasteiger partial charge < -0.3 is 15.5 Å². The minimum Gasteiger partial charge on any atom is -0.378 e. The number of hydrogen-bond acceptors (Lipinski definition) is 3. The molecular weight excluding hydrogens is 262 g/mol. The highest BCUT2D eigenvalue weighted by atomic mass is 16.2. The van der Waals surface area contributed by atoms with Gasteiger partial charge in [-0.2, -0.15) is 0 Å². The molecule has 1 aromatic rings. The number of benzene rings is 1. The normalized spacial score (nSPS) is 12.0. The number of nitrogens with zero attached hydrogens (tertiary/aromatic N) is 2. The molecule has 4 nitrogen and oxygen atoms in total. The van der Waals surface area contributed by atoms with E-state index in [4.69, 9.17) is 5.73 Å². The Hall–Kier alpha value is -1.55. The highest BCUT2D eigenvalue weighted by molar-refractivity contribution is 5.76. The molecule has 0 aliphatic carbocycles. The van der Waals surface area contributed by atoms with Crippen LogP contribution in [-0.2, 0) is 11.3 Å². The van der Waals surface area contributed by atoms with E-state index in [1.54, 1.807) is 0 Å². The van der Waals surface area contributed by atoms with E-state index in [1.807, 2.05) is 32.8 Å². The molecule has 0 heterocycles. The van der Waals surface area contributed by atoms with Gasteiger partial charge in [-0.3, -0.25) is 4.79 Å². The van der Waals surface area contributed by atoms with Gasteiger partial charge in [0.2, 0.25) is 5.91 Å². The summed E-state index contributed by atoms with van der Waals surface area (Å²) in [6.07, 6.45) is 2.36. The number of carbonyl (C=O) groups excluding carboxylic acids is 1. The maximum atomic E-state index is 12.2. The summed E-state index contributed by atoms with van der Waals surface area (Å²) in [5.41, 5.74) is 8.06. The van der Waals surface area contributed by atoms with Crippen LogP contribution in [0.1, 0.15) is 38.7 Å². The Morgan fingerprint density at radius 1 is 1.24 bits per heavy atom. The van der Waals surface area contributed by atoms with Gasteiger partial charge in [0, 0.05) is 45.3 Å². The highest BCUT2D eigenvalue weighted by Crippen LogP contribution is 2.14. The summed E-state index contributed by atoms with van der Waals surface area (Å²) in [7, 11) is 4.05. The zero-order valence-electron chi connectivity index (χ0n) is 13.8. The van der Waals surface area contributed by atoms with Gasteiger partial charge in [0.1, 0.15) is 0 Å². The average molecular weight is 291 g/mol. The van der Waals surface area contributed by atoms with E-state index >= 15 is 0 Å². The second kappa shape index (κ2) is 8.67. The van der Waals surface area contributed by atoms with Crippen LogP contribution in [0, 0.1) is 0 Å². The van der Waals surface area contributed by atoms with Gasteiger partial charge in [-0.15, -0.1) is 0 Å². The first kappa shape index (κ1) is 17.5. The van der Waals surface area contributed by atoms with Crippen molar-refractivity contribution < 1.29 is 4.79 Å². The van der Waals surface area contributed by atoms with E-state index in [2.05, 4.69) is 29.2 Å². The lowest BCUT2D eigenvalue weighted by Crippen LogP contribution is -2.30. The van der Waals surface area contributed by atoms with Gasteiger partial charge in [-0.1, -0.05) is 12.1 Å². The molecule has 0 aliphatic rings. The number of amides is 1. The molecule has 2 N–H and O–H groups in total. The van der Waals surface area contributed by atoms with Crippen LogP contribution >= 0.6 is 0 Å². The molecule has 118 valence electrons. The maximum absolute atomic E-state index is 12.2. The Bertz CT molecular complexity index is 426. The van der Waals surface area contributed by atoms with Crippen molar-refractivity contribution in [2.45, 2.75) is 45.7 Å². The van der Waals surface area contributed by atoms with E-state index < -0.39 is 0 Å². The predicted molar refractivity (Wildman–Crippen MR) is 89.4 cm³/mol. The molecule has 4 heteroatoms. The summed E-state index contributed by atoms with van der Waals surface area (Å²) in [5.74, 6) is 0.217. The monoisotopic (exact) mass is 291 g/mol. The van der Waals surface area contributed by atoms with E-state index in [0.29, 0.717) is 13.0 Å². The smallest absolute Gasteiger partial charge is 0.222 e. The third-order valence-electron chi connectivity index (χ3n) is 3.61. The first-order chi connectivity index (χ1) is 9.93. The van der Waals surface area contributed by atoms with Crippen LogP contribution in [0.25, 0.3) is 0 Å². The number of anilines is 1. The summed E-state index contributed by atoms with van der Waals surface area (Å²) in [5, 5.41) is 0. The number of carbonyl (C=O) groups is 1. The molecule has 1 unspecified atom stereocenters. The van der Waals surface area contributed by atoms with Crippen molar-refractivity contribution in [3.63, 3.8) is 0 Å². The molecule has 0 aromatic heterocycles. The zero-order valence-corrected chi connectivity index (χ0v) is 13.8. The SMILES string of the molecule is CCN(Cc1ccc(N(C)C)cc1)C(=O)CCCC(C)N. The van der Waals surface area contributed by atoms with Crippen LogP contribution in [0.5, 0.6) is 0 Å². The van der Waals surface area contributed by atoms with Crippen LogP contribution in [0.3, 0.4) is 0 Å². The molecule has 1 aromatic carbocycles. The van der Waals surface area contributed by atoms with Crippen LogP contribution in [0.15, 0.2) is 24.3 Å². The summed E-state index contributed by atoms with van der Waals surface area (Å²) >= 11 is 0. The molecule has 0 saturated heterocycles. The van der Waals surface area contributed by atoms with Crippen LogP contribution < -0.4 is 10.6 Å². The molecule has 0 bridgehead atoms. The van der Waals surface area contributed by atoms with Gasteiger partial charge in [-0.25, -0.2) is 0 Å². The van der Waals surface area contributed by atoms with Gasteiger partial charge in [0.25, 0.3) is 0 Å². The molecule has 1 atom stereocenters.